The fourth-order valence-corrected chi connectivity index (χ4v) is 3.73. The topological polar surface area (TPSA) is 150 Å². The van der Waals surface area contributed by atoms with Crippen LogP contribution in [0.4, 0.5) is 17.2 Å². The van der Waals surface area contributed by atoms with Crippen molar-refractivity contribution in [3.63, 3.8) is 0 Å². The molecule has 1 amide bonds. The van der Waals surface area contributed by atoms with Gasteiger partial charge in [0.05, 0.1) is 41.3 Å². The first kappa shape index (κ1) is 19.8. The lowest BCUT2D eigenvalue weighted by Gasteiger charge is -2.30. The first-order chi connectivity index (χ1) is 14.5. The van der Waals surface area contributed by atoms with Gasteiger partial charge in [-0.15, -0.1) is 5.10 Å². The van der Waals surface area contributed by atoms with Crippen molar-refractivity contribution in [2.24, 2.45) is 11.5 Å². The molecular weight excluding hydrogens is 382 g/mol. The molecule has 6 N–H and O–H groups in total. The largest absolute Gasteiger partial charge is 0.379 e. The Kier molecular flexibility index (Phi) is 5.57. The van der Waals surface area contributed by atoms with E-state index in [0.29, 0.717) is 11.5 Å². The Morgan fingerprint density at radius 1 is 1.27 bits per heavy atom. The van der Waals surface area contributed by atoms with Crippen molar-refractivity contribution in [1.82, 2.24) is 25.0 Å². The summed E-state index contributed by atoms with van der Waals surface area (Å²) in [4.78, 5) is 20.7. The Hall–Kier alpha value is -3.53. The number of carbonyl (C=O) groups is 1. The maximum absolute atomic E-state index is 11.9. The second kappa shape index (κ2) is 8.46. The molecule has 0 aliphatic heterocycles. The van der Waals surface area contributed by atoms with Crippen molar-refractivity contribution >= 4 is 23.1 Å². The van der Waals surface area contributed by atoms with Gasteiger partial charge in [-0.05, 0) is 38.0 Å². The van der Waals surface area contributed by atoms with Crippen molar-refractivity contribution in [1.29, 1.82) is 0 Å². The number of aromatic nitrogens is 5. The van der Waals surface area contributed by atoms with Crippen LogP contribution in [0, 0.1) is 6.92 Å². The van der Waals surface area contributed by atoms with Crippen molar-refractivity contribution in [3.05, 3.63) is 48.2 Å². The molecule has 1 fully saturated rings. The number of hydrogen-bond acceptors (Lipinski definition) is 8. The van der Waals surface area contributed by atoms with Crippen LogP contribution in [0.25, 0.3) is 5.69 Å². The molecule has 3 aromatic heterocycles. The molecule has 3 aromatic rings. The van der Waals surface area contributed by atoms with Crippen LogP contribution in [0.15, 0.2) is 36.8 Å². The summed E-state index contributed by atoms with van der Waals surface area (Å²) in [6.45, 7) is 1.87. The number of anilines is 3. The van der Waals surface area contributed by atoms with Crippen molar-refractivity contribution in [2.45, 2.75) is 44.7 Å². The lowest BCUT2D eigenvalue weighted by atomic mass is 9.91. The number of nitrogens with two attached hydrogens (primary N) is 2. The van der Waals surface area contributed by atoms with Crippen LogP contribution in [0.2, 0.25) is 0 Å². The van der Waals surface area contributed by atoms with Crippen LogP contribution in [0.5, 0.6) is 0 Å². The SMILES string of the molecule is Cc1nc(Nc2cc(N[C@@H]3CCCC[C@@H]3N)cnc2C(N)=O)ccc1-n1ccnn1. The minimum Gasteiger partial charge on any atom is -0.379 e. The summed E-state index contributed by atoms with van der Waals surface area (Å²) in [6.07, 6.45) is 9.26. The van der Waals surface area contributed by atoms with Gasteiger partial charge in [0.1, 0.15) is 5.82 Å². The molecule has 30 heavy (non-hydrogen) atoms. The highest BCUT2D eigenvalue weighted by Crippen LogP contribution is 2.26. The molecule has 0 aromatic carbocycles. The lowest BCUT2D eigenvalue weighted by molar-refractivity contribution is 0.0996. The van der Waals surface area contributed by atoms with E-state index in [4.69, 9.17) is 11.5 Å². The monoisotopic (exact) mass is 407 g/mol. The number of nitrogens with one attached hydrogen (secondary N) is 2. The van der Waals surface area contributed by atoms with Crippen molar-refractivity contribution < 1.29 is 4.79 Å². The average Bonchev–Trinajstić information content (AvgIpc) is 3.24. The molecule has 2 atom stereocenters. The predicted octanol–water partition coefficient (Wildman–Crippen LogP) is 1.89. The lowest BCUT2D eigenvalue weighted by Crippen LogP contribution is -2.42. The number of amides is 1. The van der Waals surface area contributed by atoms with Crippen LogP contribution >= 0.6 is 0 Å². The number of hydrogen-bond donors (Lipinski definition) is 4. The minimum absolute atomic E-state index is 0.0969. The van der Waals surface area contributed by atoms with Crippen LogP contribution in [-0.2, 0) is 0 Å². The van der Waals surface area contributed by atoms with E-state index in [0.717, 1.165) is 42.8 Å². The second-order valence-corrected chi connectivity index (χ2v) is 7.46. The summed E-state index contributed by atoms with van der Waals surface area (Å²) in [5.74, 6) is -0.0541. The standard InChI is InChI=1S/C20H25N9O/c1-12-17(29-9-8-24-28-29)6-7-18(25-12)27-16-10-13(11-23-19(16)20(22)30)26-15-5-3-2-4-14(15)21/h6-11,14-15,26H,2-5,21H2,1H3,(H2,22,30)(H,25,27)/t14-,15+/m0/s1. The fraction of sp³-hybridized carbons (Fsp3) is 0.350. The fourth-order valence-electron chi connectivity index (χ4n) is 3.73. The highest BCUT2D eigenvalue weighted by Gasteiger charge is 2.22. The van der Waals surface area contributed by atoms with E-state index in [-0.39, 0.29) is 17.8 Å². The molecule has 156 valence electrons. The summed E-state index contributed by atoms with van der Waals surface area (Å²) in [5.41, 5.74) is 14.7. The molecule has 0 unspecified atom stereocenters. The Bertz CT molecular complexity index is 1030. The van der Waals surface area contributed by atoms with Gasteiger partial charge in [0.2, 0.25) is 0 Å². The van der Waals surface area contributed by atoms with Gasteiger partial charge in [0.25, 0.3) is 5.91 Å². The third-order valence-corrected chi connectivity index (χ3v) is 5.28. The van der Waals surface area contributed by atoms with Gasteiger partial charge in [0.15, 0.2) is 5.69 Å². The van der Waals surface area contributed by atoms with Gasteiger partial charge >= 0.3 is 0 Å². The number of aryl methyl sites for hydroxylation is 1. The molecule has 10 heteroatoms. The summed E-state index contributed by atoms with van der Waals surface area (Å²) >= 11 is 0. The number of rotatable bonds is 6. The van der Waals surface area contributed by atoms with Gasteiger partial charge < -0.3 is 22.1 Å². The van der Waals surface area contributed by atoms with E-state index < -0.39 is 5.91 Å². The minimum atomic E-state index is -0.616. The van der Waals surface area contributed by atoms with E-state index in [2.05, 4.69) is 30.9 Å². The Labute approximate surface area is 174 Å². The molecule has 10 nitrogen and oxygen atoms in total. The molecule has 1 saturated carbocycles. The van der Waals surface area contributed by atoms with Crippen LogP contribution in [-0.4, -0.2) is 43.0 Å². The molecule has 1 aliphatic rings. The van der Waals surface area contributed by atoms with Gasteiger partial charge in [-0.25, -0.2) is 14.6 Å². The highest BCUT2D eigenvalue weighted by molar-refractivity contribution is 5.97. The predicted molar refractivity (Wildman–Crippen MR) is 114 cm³/mol. The van der Waals surface area contributed by atoms with Crippen LogP contribution in [0.1, 0.15) is 41.9 Å². The molecule has 0 saturated heterocycles. The van der Waals surface area contributed by atoms with Gasteiger partial charge in [-0.3, -0.25) is 4.79 Å². The maximum Gasteiger partial charge on any atom is 0.269 e. The van der Waals surface area contributed by atoms with E-state index in [1.54, 1.807) is 29.3 Å². The molecule has 4 rings (SSSR count). The van der Waals surface area contributed by atoms with Crippen LogP contribution < -0.4 is 22.1 Å². The molecule has 0 radical (unpaired) electrons. The summed E-state index contributed by atoms with van der Waals surface area (Å²) in [6, 6.07) is 5.76. The van der Waals surface area contributed by atoms with Crippen LogP contribution in [0.3, 0.4) is 0 Å². The number of pyridine rings is 2. The summed E-state index contributed by atoms with van der Waals surface area (Å²) in [7, 11) is 0. The Morgan fingerprint density at radius 2 is 2.10 bits per heavy atom. The zero-order valence-corrected chi connectivity index (χ0v) is 16.7. The maximum atomic E-state index is 11.9. The Morgan fingerprint density at radius 3 is 2.80 bits per heavy atom. The molecule has 0 spiro atoms. The first-order valence-electron chi connectivity index (χ1n) is 9.94. The zero-order valence-electron chi connectivity index (χ0n) is 16.7. The number of primary amides is 1. The van der Waals surface area contributed by atoms with Crippen molar-refractivity contribution in [3.8, 4) is 5.69 Å². The highest BCUT2D eigenvalue weighted by atomic mass is 16.1. The molecule has 0 bridgehead atoms. The number of nitrogens with zero attached hydrogens (tertiary/aromatic N) is 5. The molecule has 3 heterocycles. The van der Waals surface area contributed by atoms with E-state index in [1.165, 1.54) is 0 Å². The van der Waals surface area contributed by atoms with Gasteiger partial charge in [-0.2, -0.15) is 0 Å². The van der Waals surface area contributed by atoms with Gasteiger partial charge in [-0.1, -0.05) is 18.1 Å². The summed E-state index contributed by atoms with van der Waals surface area (Å²) in [5, 5.41) is 14.4. The average molecular weight is 407 g/mol. The van der Waals surface area contributed by atoms with E-state index in [1.807, 2.05) is 19.1 Å². The Balaban J connectivity index is 1.59. The van der Waals surface area contributed by atoms with Gasteiger partial charge in [0, 0.05) is 12.1 Å². The second-order valence-electron chi connectivity index (χ2n) is 7.46. The third kappa shape index (κ3) is 4.23. The first-order valence-corrected chi connectivity index (χ1v) is 9.94. The third-order valence-electron chi connectivity index (χ3n) is 5.28. The normalized spacial score (nSPS) is 18.7. The molecular formula is C20H25N9O. The quantitative estimate of drug-likeness (QED) is 0.484. The van der Waals surface area contributed by atoms with E-state index in [9.17, 15) is 4.79 Å². The van der Waals surface area contributed by atoms with E-state index >= 15 is 0 Å². The molecule has 1 aliphatic carbocycles. The van der Waals surface area contributed by atoms with Crippen molar-refractivity contribution in [2.75, 3.05) is 10.6 Å². The zero-order chi connectivity index (χ0) is 21.1. The number of carbonyl (C=O) groups excluding carboxylic acids is 1. The summed E-state index contributed by atoms with van der Waals surface area (Å²) < 4.78 is 1.64. The smallest absolute Gasteiger partial charge is 0.269 e.